The molecule has 0 saturated heterocycles. The second kappa shape index (κ2) is 5.50. The van der Waals surface area contributed by atoms with Crippen LogP contribution < -0.4 is 5.32 Å². The summed E-state index contributed by atoms with van der Waals surface area (Å²) in [6, 6.07) is 12.6. The van der Waals surface area contributed by atoms with Gasteiger partial charge in [0.05, 0.1) is 6.04 Å². The Morgan fingerprint density at radius 3 is 2.28 bits per heavy atom. The molecule has 2 aromatic rings. The van der Waals surface area contributed by atoms with E-state index >= 15 is 0 Å². The molecular weight excluding hydrogens is 220 g/mol. The SMILES string of the molecule is C=CC(Nc1ccc(C)cn1)c1ccc(C)cc1. The van der Waals surface area contributed by atoms with Crippen LogP contribution in [-0.2, 0) is 0 Å². The molecule has 0 aliphatic carbocycles. The van der Waals surface area contributed by atoms with Gasteiger partial charge in [0.1, 0.15) is 5.82 Å². The second-order valence-electron chi connectivity index (χ2n) is 4.49. The minimum atomic E-state index is 0.0841. The van der Waals surface area contributed by atoms with Gasteiger partial charge in [0.2, 0.25) is 0 Å². The van der Waals surface area contributed by atoms with Gasteiger partial charge in [-0.15, -0.1) is 6.58 Å². The van der Waals surface area contributed by atoms with Crippen LogP contribution in [0.3, 0.4) is 0 Å². The zero-order valence-electron chi connectivity index (χ0n) is 10.9. The van der Waals surface area contributed by atoms with Gasteiger partial charge in [-0.1, -0.05) is 42.0 Å². The fourth-order valence-corrected chi connectivity index (χ4v) is 1.76. The Bertz CT molecular complexity index is 512. The third-order valence-corrected chi connectivity index (χ3v) is 2.89. The lowest BCUT2D eigenvalue weighted by atomic mass is 10.1. The molecule has 1 unspecified atom stereocenters. The predicted octanol–water partition coefficient (Wildman–Crippen LogP) is 4.04. The first kappa shape index (κ1) is 12.4. The molecule has 1 heterocycles. The Kier molecular flexibility index (Phi) is 3.78. The molecule has 1 N–H and O–H groups in total. The van der Waals surface area contributed by atoms with Crippen LogP contribution >= 0.6 is 0 Å². The van der Waals surface area contributed by atoms with E-state index in [9.17, 15) is 0 Å². The van der Waals surface area contributed by atoms with Crippen LogP contribution in [0.25, 0.3) is 0 Å². The first-order chi connectivity index (χ1) is 8.69. The van der Waals surface area contributed by atoms with Crippen molar-refractivity contribution in [3.63, 3.8) is 0 Å². The molecule has 2 heteroatoms. The zero-order chi connectivity index (χ0) is 13.0. The second-order valence-corrected chi connectivity index (χ2v) is 4.49. The molecule has 1 aromatic heterocycles. The Morgan fingerprint density at radius 1 is 1.06 bits per heavy atom. The molecule has 0 aliphatic rings. The van der Waals surface area contributed by atoms with Crippen molar-refractivity contribution < 1.29 is 0 Å². The molecule has 0 amide bonds. The lowest BCUT2D eigenvalue weighted by Crippen LogP contribution is -2.08. The van der Waals surface area contributed by atoms with Crippen LogP contribution in [0.15, 0.2) is 55.3 Å². The van der Waals surface area contributed by atoms with Gasteiger partial charge in [-0.3, -0.25) is 0 Å². The number of anilines is 1. The molecule has 1 atom stereocenters. The highest BCUT2D eigenvalue weighted by atomic mass is 15.0. The van der Waals surface area contributed by atoms with E-state index in [2.05, 4.69) is 48.1 Å². The number of rotatable bonds is 4. The Hall–Kier alpha value is -2.09. The zero-order valence-corrected chi connectivity index (χ0v) is 10.9. The van der Waals surface area contributed by atoms with E-state index in [0.717, 1.165) is 11.4 Å². The lowest BCUT2D eigenvalue weighted by Gasteiger charge is -2.16. The molecule has 0 fully saturated rings. The average molecular weight is 238 g/mol. The molecule has 0 spiro atoms. The van der Waals surface area contributed by atoms with Gasteiger partial charge >= 0.3 is 0 Å². The molecule has 2 nitrogen and oxygen atoms in total. The van der Waals surface area contributed by atoms with E-state index < -0.39 is 0 Å². The predicted molar refractivity (Wildman–Crippen MR) is 76.7 cm³/mol. The minimum absolute atomic E-state index is 0.0841. The molecule has 18 heavy (non-hydrogen) atoms. The van der Waals surface area contributed by atoms with Crippen molar-refractivity contribution in [1.29, 1.82) is 0 Å². The van der Waals surface area contributed by atoms with Crippen molar-refractivity contribution in [1.82, 2.24) is 4.98 Å². The van der Waals surface area contributed by atoms with Crippen LogP contribution in [0.4, 0.5) is 5.82 Å². The third kappa shape index (κ3) is 2.98. The summed E-state index contributed by atoms with van der Waals surface area (Å²) in [4.78, 5) is 4.35. The fourth-order valence-electron chi connectivity index (χ4n) is 1.76. The third-order valence-electron chi connectivity index (χ3n) is 2.89. The summed E-state index contributed by atoms with van der Waals surface area (Å²) in [6.07, 6.45) is 3.75. The molecule has 0 radical (unpaired) electrons. The van der Waals surface area contributed by atoms with Crippen molar-refractivity contribution in [3.8, 4) is 0 Å². The lowest BCUT2D eigenvalue weighted by molar-refractivity contribution is 0.968. The van der Waals surface area contributed by atoms with Gasteiger partial charge in [-0.25, -0.2) is 4.98 Å². The molecule has 0 bridgehead atoms. The highest BCUT2D eigenvalue weighted by Gasteiger charge is 2.07. The average Bonchev–Trinajstić information content (AvgIpc) is 2.39. The van der Waals surface area contributed by atoms with E-state index in [1.54, 1.807) is 0 Å². The number of pyridine rings is 1. The summed E-state index contributed by atoms with van der Waals surface area (Å²) in [5.41, 5.74) is 3.61. The number of nitrogens with zero attached hydrogens (tertiary/aromatic N) is 1. The van der Waals surface area contributed by atoms with Crippen LogP contribution in [0.5, 0.6) is 0 Å². The summed E-state index contributed by atoms with van der Waals surface area (Å²) in [6.45, 7) is 8.00. The summed E-state index contributed by atoms with van der Waals surface area (Å²) in [5.74, 6) is 0.867. The van der Waals surface area contributed by atoms with Crippen LogP contribution in [0.2, 0.25) is 0 Å². The molecule has 2 rings (SSSR count). The topological polar surface area (TPSA) is 24.9 Å². The number of nitrogens with one attached hydrogen (secondary N) is 1. The maximum atomic E-state index is 4.35. The Labute approximate surface area is 108 Å². The van der Waals surface area contributed by atoms with E-state index in [1.165, 1.54) is 11.1 Å². The highest BCUT2D eigenvalue weighted by molar-refractivity contribution is 5.41. The minimum Gasteiger partial charge on any atom is -0.360 e. The van der Waals surface area contributed by atoms with Crippen molar-refractivity contribution >= 4 is 5.82 Å². The van der Waals surface area contributed by atoms with Gasteiger partial charge in [0.15, 0.2) is 0 Å². The number of hydrogen-bond acceptors (Lipinski definition) is 2. The van der Waals surface area contributed by atoms with Gasteiger partial charge in [-0.2, -0.15) is 0 Å². The summed E-state index contributed by atoms with van der Waals surface area (Å²) in [5, 5.41) is 3.36. The van der Waals surface area contributed by atoms with E-state index in [4.69, 9.17) is 0 Å². The van der Waals surface area contributed by atoms with Crippen LogP contribution in [0.1, 0.15) is 22.7 Å². The molecule has 92 valence electrons. The standard InChI is InChI=1S/C16H18N2/c1-4-15(14-8-5-12(2)6-9-14)18-16-10-7-13(3)11-17-16/h4-11,15H,1H2,2-3H3,(H,17,18). The van der Waals surface area contributed by atoms with Crippen molar-refractivity contribution in [3.05, 3.63) is 71.9 Å². The van der Waals surface area contributed by atoms with E-state index in [-0.39, 0.29) is 6.04 Å². The maximum Gasteiger partial charge on any atom is 0.126 e. The molecular formula is C16H18N2. The highest BCUT2D eigenvalue weighted by Crippen LogP contribution is 2.19. The number of hydrogen-bond donors (Lipinski definition) is 1. The number of aromatic nitrogens is 1. The molecule has 0 saturated carbocycles. The monoisotopic (exact) mass is 238 g/mol. The summed E-state index contributed by atoms with van der Waals surface area (Å²) >= 11 is 0. The smallest absolute Gasteiger partial charge is 0.126 e. The normalized spacial score (nSPS) is 11.9. The maximum absolute atomic E-state index is 4.35. The van der Waals surface area contributed by atoms with Crippen molar-refractivity contribution in [2.24, 2.45) is 0 Å². The molecule has 0 aliphatic heterocycles. The van der Waals surface area contributed by atoms with Crippen LogP contribution in [-0.4, -0.2) is 4.98 Å². The summed E-state index contributed by atoms with van der Waals surface area (Å²) < 4.78 is 0. The number of benzene rings is 1. The van der Waals surface area contributed by atoms with E-state index in [1.807, 2.05) is 31.3 Å². The quantitative estimate of drug-likeness (QED) is 0.813. The van der Waals surface area contributed by atoms with Gasteiger partial charge < -0.3 is 5.32 Å². The van der Waals surface area contributed by atoms with Gasteiger partial charge in [-0.05, 0) is 31.0 Å². The first-order valence-corrected chi connectivity index (χ1v) is 6.07. The fraction of sp³-hybridized carbons (Fsp3) is 0.188. The Balaban J connectivity index is 2.16. The summed E-state index contributed by atoms with van der Waals surface area (Å²) in [7, 11) is 0. The van der Waals surface area contributed by atoms with Crippen molar-refractivity contribution in [2.45, 2.75) is 19.9 Å². The van der Waals surface area contributed by atoms with E-state index in [0.29, 0.717) is 0 Å². The Morgan fingerprint density at radius 2 is 1.72 bits per heavy atom. The largest absolute Gasteiger partial charge is 0.360 e. The first-order valence-electron chi connectivity index (χ1n) is 6.07. The van der Waals surface area contributed by atoms with Gasteiger partial charge in [0.25, 0.3) is 0 Å². The number of aryl methyl sites for hydroxylation is 2. The van der Waals surface area contributed by atoms with Crippen LogP contribution in [0, 0.1) is 13.8 Å². The molecule has 1 aromatic carbocycles. The van der Waals surface area contributed by atoms with Gasteiger partial charge in [0, 0.05) is 6.20 Å². The van der Waals surface area contributed by atoms with Crippen molar-refractivity contribution in [2.75, 3.05) is 5.32 Å².